The first-order valence-corrected chi connectivity index (χ1v) is 9.66. The van der Waals surface area contributed by atoms with Gasteiger partial charge in [0.2, 0.25) is 11.8 Å². The van der Waals surface area contributed by atoms with Crippen LogP contribution in [0.5, 0.6) is 5.75 Å². The molecular formula is C20H21N3O3S. The normalized spacial score (nSPS) is 11.8. The van der Waals surface area contributed by atoms with Crippen LogP contribution in [0.2, 0.25) is 0 Å². The molecule has 7 heteroatoms. The van der Waals surface area contributed by atoms with Gasteiger partial charge >= 0.3 is 0 Å². The number of methoxy groups -OCH3 is 1. The monoisotopic (exact) mass is 383 g/mol. The first kappa shape index (κ1) is 19.0. The number of nitrogens with zero attached hydrogens (tertiary/aromatic N) is 2. The van der Waals surface area contributed by atoms with E-state index in [2.05, 4.69) is 15.5 Å². The van der Waals surface area contributed by atoms with Gasteiger partial charge in [-0.15, -0.1) is 11.8 Å². The molecule has 0 spiro atoms. The van der Waals surface area contributed by atoms with E-state index >= 15 is 0 Å². The van der Waals surface area contributed by atoms with Gasteiger partial charge in [0.1, 0.15) is 5.75 Å². The summed E-state index contributed by atoms with van der Waals surface area (Å²) in [6.45, 7) is 1.74. The molecule has 2 aromatic carbocycles. The summed E-state index contributed by atoms with van der Waals surface area (Å²) in [4.78, 5) is 16.6. The maximum atomic E-state index is 12.5. The van der Waals surface area contributed by atoms with Crippen LogP contribution in [0.25, 0.3) is 0 Å². The van der Waals surface area contributed by atoms with Crippen molar-refractivity contribution in [3.63, 3.8) is 0 Å². The van der Waals surface area contributed by atoms with E-state index in [4.69, 9.17) is 9.26 Å². The third-order valence-electron chi connectivity index (χ3n) is 3.92. The fourth-order valence-electron chi connectivity index (χ4n) is 2.64. The minimum Gasteiger partial charge on any atom is -0.497 e. The van der Waals surface area contributed by atoms with Crippen molar-refractivity contribution in [1.82, 2.24) is 15.5 Å². The Kier molecular flexibility index (Phi) is 6.49. The highest BCUT2D eigenvalue weighted by atomic mass is 32.2. The number of aryl methyl sites for hydroxylation is 1. The van der Waals surface area contributed by atoms with Crippen molar-refractivity contribution in [2.45, 2.75) is 18.7 Å². The number of carbonyl (C=O) groups excluding carboxylic acids is 1. The molecule has 0 aliphatic carbocycles. The fraction of sp³-hybridized carbons (Fsp3) is 0.250. The van der Waals surface area contributed by atoms with Gasteiger partial charge in [0, 0.05) is 6.92 Å². The highest BCUT2D eigenvalue weighted by molar-refractivity contribution is 7.99. The minimum atomic E-state index is -0.224. The predicted molar refractivity (Wildman–Crippen MR) is 105 cm³/mol. The van der Waals surface area contributed by atoms with Gasteiger partial charge in [-0.25, -0.2) is 0 Å². The molecule has 3 rings (SSSR count). The van der Waals surface area contributed by atoms with E-state index in [1.165, 1.54) is 11.8 Å². The van der Waals surface area contributed by atoms with E-state index in [1.807, 2.05) is 54.6 Å². The van der Waals surface area contributed by atoms with Gasteiger partial charge in [-0.1, -0.05) is 47.6 Å². The van der Waals surface area contributed by atoms with Gasteiger partial charge in [-0.3, -0.25) is 4.79 Å². The number of benzene rings is 2. The van der Waals surface area contributed by atoms with Crippen molar-refractivity contribution in [2.75, 3.05) is 12.9 Å². The zero-order valence-electron chi connectivity index (χ0n) is 15.2. The molecule has 140 valence electrons. The average molecular weight is 383 g/mol. The molecular weight excluding hydrogens is 362 g/mol. The average Bonchev–Trinajstić information content (AvgIpc) is 3.12. The quantitative estimate of drug-likeness (QED) is 0.641. The molecule has 0 saturated heterocycles. The van der Waals surface area contributed by atoms with Gasteiger partial charge in [0.25, 0.3) is 0 Å². The van der Waals surface area contributed by atoms with Crippen molar-refractivity contribution < 1.29 is 14.1 Å². The maximum absolute atomic E-state index is 12.5. The summed E-state index contributed by atoms with van der Waals surface area (Å²) in [5, 5.41) is 6.95. The summed E-state index contributed by atoms with van der Waals surface area (Å²) in [7, 11) is 1.63. The molecule has 1 amide bonds. The third kappa shape index (κ3) is 5.34. The van der Waals surface area contributed by atoms with Crippen molar-refractivity contribution in [1.29, 1.82) is 0 Å². The molecule has 1 atom stereocenters. The van der Waals surface area contributed by atoms with Crippen molar-refractivity contribution in [3.05, 3.63) is 77.4 Å². The van der Waals surface area contributed by atoms with Gasteiger partial charge in [-0.2, -0.15) is 4.98 Å². The highest BCUT2D eigenvalue weighted by Crippen LogP contribution is 2.24. The van der Waals surface area contributed by atoms with E-state index in [0.29, 0.717) is 23.2 Å². The lowest BCUT2D eigenvalue weighted by Gasteiger charge is -2.20. The summed E-state index contributed by atoms with van der Waals surface area (Å²) < 4.78 is 10.2. The molecule has 1 heterocycles. The summed E-state index contributed by atoms with van der Waals surface area (Å²) in [6, 6.07) is 17.4. The molecule has 0 radical (unpaired) electrons. The van der Waals surface area contributed by atoms with Crippen LogP contribution in [0.1, 0.15) is 28.9 Å². The lowest BCUT2D eigenvalue weighted by molar-refractivity contribution is -0.119. The summed E-state index contributed by atoms with van der Waals surface area (Å²) >= 11 is 1.45. The van der Waals surface area contributed by atoms with Crippen LogP contribution in [0.4, 0.5) is 0 Å². The van der Waals surface area contributed by atoms with Crippen LogP contribution in [0, 0.1) is 6.92 Å². The van der Waals surface area contributed by atoms with Crippen LogP contribution < -0.4 is 10.1 Å². The summed E-state index contributed by atoms with van der Waals surface area (Å²) in [5.74, 6) is 2.70. The number of thioether (sulfide) groups is 1. The Morgan fingerprint density at radius 2 is 1.85 bits per heavy atom. The molecule has 0 bridgehead atoms. The maximum Gasteiger partial charge on any atom is 0.230 e. The lowest BCUT2D eigenvalue weighted by Crippen LogP contribution is -2.30. The van der Waals surface area contributed by atoms with E-state index in [9.17, 15) is 4.79 Å². The molecule has 0 aliphatic rings. The Hall–Kier alpha value is -2.80. The molecule has 0 fully saturated rings. The lowest BCUT2D eigenvalue weighted by atomic mass is 9.98. The van der Waals surface area contributed by atoms with Crippen LogP contribution in [0.3, 0.4) is 0 Å². The third-order valence-corrected chi connectivity index (χ3v) is 4.85. The molecule has 1 N–H and O–H groups in total. The predicted octanol–water partition coefficient (Wildman–Crippen LogP) is 3.53. The summed E-state index contributed by atoms with van der Waals surface area (Å²) in [6.07, 6.45) is 0. The van der Waals surface area contributed by atoms with Gasteiger partial charge in [0.15, 0.2) is 5.82 Å². The number of hydrogen-bond acceptors (Lipinski definition) is 6. The SMILES string of the molecule is COc1ccc(C(NC(=O)CSCc2noc(C)n2)c2ccccc2)cc1. The van der Waals surface area contributed by atoms with Gasteiger partial charge in [0.05, 0.1) is 24.7 Å². The molecule has 1 aromatic heterocycles. The second kappa shape index (κ2) is 9.23. The topological polar surface area (TPSA) is 77.2 Å². The Labute approximate surface area is 162 Å². The largest absolute Gasteiger partial charge is 0.497 e. The molecule has 0 saturated carbocycles. The smallest absolute Gasteiger partial charge is 0.230 e. The number of nitrogens with one attached hydrogen (secondary N) is 1. The summed E-state index contributed by atoms with van der Waals surface area (Å²) in [5.41, 5.74) is 2.02. The Morgan fingerprint density at radius 3 is 2.48 bits per heavy atom. The molecule has 6 nitrogen and oxygen atoms in total. The number of amides is 1. The number of hydrogen-bond donors (Lipinski definition) is 1. The number of ether oxygens (including phenoxy) is 1. The van der Waals surface area contributed by atoms with Crippen LogP contribution in [0.15, 0.2) is 59.1 Å². The Bertz CT molecular complexity index is 866. The molecule has 3 aromatic rings. The van der Waals surface area contributed by atoms with E-state index in [0.717, 1.165) is 16.9 Å². The van der Waals surface area contributed by atoms with Crippen LogP contribution in [-0.4, -0.2) is 28.9 Å². The van der Waals surface area contributed by atoms with Crippen LogP contribution >= 0.6 is 11.8 Å². The minimum absolute atomic E-state index is 0.0510. The van der Waals surface area contributed by atoms with Gasteiger partial charge < -0.3 is 14.6 Å². The Balaban J connectivity index is 1.66. The van der Waals surface area contributed by atoms with Crippen molar-refractivity contribution in [3.8, 4) is 5.75 Å². The van der Waals surface area contributed by atoms with Gasteiger partial charge in [-0.05, 0) is 23.3 Å². The number of rotatable bonds is 8. The fourth-order valence-corrected chi connectivity index (χ4v) is 3.31. The zero-order valence-corrected chi connectivity index (χ0v) is 16.0. The second-order valence-corrected chi connectivity index (χ2v) is 6.89. The first-order valence-electron chi connectivity index (χ1n) is 8.51. The first-order chi connectivity index (χ1) is 13.2. The van der Waals surface area contributed by atoms with E-state index in [-0.39, 0.29) is 11.9 Å². The number of aromatic nitrogens is 2. The second-order valence-electron chi connectivity index (χ2n) is 5.91. The molecule has 0 aliphatic heterocycles. The van der Waals surface area contributed by atoms with Crippen LogP contribution in [-0.2, 0) is 10.5 Å². The molecule has 1 unspecified atom stereocenters. The van der Waals surface area contributed by atoms with E-state index in [1.54, 1.807) is 14.0 Å². The standard InChI is InChI=1S/C20H21N3O3S/c1-14-21-18(23-26-14)12-27-13-19(24)22-20(15-6-4-3-5-7-15)16-8-10-17(25-2)11-9-16/h3-11,20H,12-13H2,1-2H3,(H,22,24). The van der Waals surface area contributed by atoms with Crippen molar-refractivity contribution >= 4 is 17.7 Å². The highest BCUT2D eigenvalue weighted by Gasteiger charge is 2.17. The van der Waals surface area contributed by atoms with Crippen molar-refractivity contribution in [2.24, 2.45) is 0 Å². The van der Waals surface area contributed by atoms with E-state index < -0.39 is 0 Å². The molecule has 27 heavy (non-hydrogen) atoms. The Morgan fingerprint density at radius 1 is 1.15 bits per heavy atom. The zero-order chi connectivity index (χ0) is 19.1. The number of carbonyl (C=O) groups is 1.